The van der Waals surface area contributed by atoms with E-state index in [4.69, 9.17) is 0 Å². The van der Waals surface area contributed by atoms with E-state index in [-0.39, 0.29) is 5.91 Å². The molecule has 1 aromatic carbocycles. The highest BCUT2D eigenvalue weighted by molar-refractivity contribution is 7.00. The zero-order valence-corrected chi connectivity index (χ0v) is 15.5. The lowest BCUT2D eigenvalue weighted by Crippen LogP contribution is -2.49. The molecule has 0 radical (unpaired) electrons. The Labute approximate surface area is 155 Å². The Bertz CT molecular complexity index is 916. The Morgan fingerprint density at radius 1 is 1.00 bits per heavy atom. The molecule has 0 atom stereocenters. The van der Waals surface area contributed by atoms with Crippen molar-refractivity contribution in [2.45, 2.75) is 0 Å². The molecule has 0 bridgehead atoms. The first-order chi connectivity index (χ1) is 12.6. The Hall–Kier alpha value is -2.81. The molecule has 134 valence electrons. The van der Waals surface area contributed by atoms with E-state index in [1.807, 2.05) is 54.2 Å². The molecule has 1 saturated heterocycles. The van der Waals surface area contributed by atoms with E-state index in [1.165, 1.54) is 0 Å². The fraction of sp³-hybridized carbons (Fsp3) is 0.353. The second-order valence-electron chi connectivity index (χ2n) is 6.39. The summed E-state index contributed by atoms with van der Waals surface area (Å²) in [5.74, 6) is 1.71. The molecular weight excluding hydrogens is 350 g/mol. The molecule has 0 saturated carbocycles. The first-order valence-electron chi connectivity index (χ1n) is 8.39. The van der Waals surface area contributed by atoms with E-state index in [1.54, 1.807) is 0 Å². The van der Waals surface area contributed by atoms with Crippen LogP contribution in [0.4, 0.5) is 11.6 Å². The van der Waals surface area contributed by atoms with Crippen LogP contribution in [0, 0.1) is 0 Å². The van der Waals surface area contributed by atoms with Gasteiger partial charge >= 0.3 is 0 Å². The molecule has 0 spiro atoms. The smallest absolute Gasteiger partial charge is 0.254 e. The molecule has 1 fully saturated rings. The molecule has 1 aliphatic heterocycles. The standard InChI is InChI=1S/C17H19N7OS/c1-22(2)15-5-6-16(19-18-15)23-7-9-24(10-8-23)17(25)12-3-4-13-14(11-12)21-26-20-13/h3-6,11H,7-10H2,1-2H3. The number of nitrogens with zero attached hydrogens (tertiary/aromatic N) is 7. The highest BCUT2D eigenvalue weighted by atomic mass is 32.1. The minimum Gasteiger partial charge on any atom is -0.361 e. The van der Waals surface area contributed by atoms with E-state index in [2.05, 4.69) is 23.8 Å². The summed E-state index contributed by atoms with van der Waals surface area (Å²) in [5.41, 5.74) is 2.26. The maximum atomic E-state index is 12.8. The highest BCUT2D eigenvalue weighted by Crippen LogP contribution is 2.18. The van der Waals surface area contributed by atoms with Crippen LogP contribution in [0.3, 0.4) is 0 Å². The number of amides is 1. The predicted octanol–water partition coefficient (Wildman–Crippen LogP) is 1.51. The zero-order valence-electron chi connectivity index (χ0n) is 14.7. The number of benzene rings is 1. The summed E-state index contributed by atoms with van der Waals surface area (Å²) in [7, 11) is 3.88. The van der Waals surface area contributed by atoms with Gasteiger partial charge in [-0.05, 0) is 30.3 Å². The fourth-order valence-electron chi connectivity index (χ4n) is 2.96. The van der Waals surface area contributed by atoms with E-state index in [0.717, 1.165) is 47.5 Å². The summed E-state index contributed by atoms with van der Waals surface area (Å²) in [6.45, 7) is 2.79. The molecular formula is C17H19N7OS. The van der Waals surface area contributed by atoms with Crippen LogP contribution in [-0.2, 0) is 0 Å². The number of carbonyl (C=O) groups is 1. The van der Waals surface area contributed by atoms with Crippen molar-refractivity contribution in [1.82, 2.24) is 23.8 Å². The molecule has 2 aromatic heterocycles. The predicted molar refractivity (Wildman–Crippen MR) is 102 cm³/mol. The van der Waals surface area contributed by atoms with Gasteiger partial charge in [0.2, 0.25) is 0 Å². The van der Waals surface area contributed by atoms with E-state index < -0.39 is 0 Å². The maximum Gasteiger partial charge on any atom is 0.254 e. The van der Waals surface area contributed by atoms with Crippen LogP contribution < -0.4 is 9.80 Å². The summed E-state index contributed by atoms with van der Waals surface area (Å²) in [4.78, 5) is 18.7. The minimum atomic E-state index is 0.0357. The van der Waals surface area contributed by atoms with Crippen LogP contribution in [0.2, 0.25) is 0 Å². The van der Waals surface area contributed by atoms with Crippen molar-refractivity contribution in [3.63, 3.8) is 0 Å². The van der Waals surface area contributed by atoms with Crippen molar-refractivity contribution in [3.05, 3.63) is 35.9 Å². The van der Waals surface area contributed by atoms with E-state index in [9.17, 15) is 4.79 Å². The maximum absolute atomic E-state index is 12.8. The van der Waals surface area contributed by atoms with Crippen molar-refractivity contribution in [1.29, 1.82) is 0 Å². The van der Waals surface area contributed by atoms with Gasteiger partial charge in [0.25, 0.3) is 5.91 Å². The second-order valence-corrected chi connectivity index (χ2v) is 6.92. The Kier molecular flexibility index (Phi) is 4.37. The van der Waals surface area contributed by atoms with Crippen LogP contribution in [0.1, 0.15) is 10.4 Å². The number of rotatable bonds is 3. The average Bonchev–Trinajstić information content (AvgIpc) is 3.15. The molecule has 0 aliphatic carbocycles. The molecule has 0 N–H and O–H groups in total. The van der Waals surface area contributed by atoms with Crippen LogP contribution >= 0.6 is 11.7 Å². The summed E-state index contributed by atoms with van der Waals surface area (Å²) in [5, 5.41) is 8.52. The average molecular weight is 369 g/mol. The first kappa shape index (κ1) is 16.6. The SMILES string of the molecule is CN(C)c1ccc(N2CCN(C(=O)c3ccc4nsnc4c3)CC2)nn1. The number of carbonyl (C=O) groups excluding carboxylic acids is 1. The highest BCUT2D eigenvalue weighted by Gasteiger charge is 2.23. The Morgan fingerprint density at radius 3 is 2.46 bits per heavy atom. The van der Waals surface area contributed by atoms with Gasteiger partial charge in [0.05, 0.1) is 11.7 Å². The third kappa shape index (κ3) is 3.17. The lowest BCUT2D eigenvalue weighted by Gasteiger charge is -2.35. The summed E-state index contributed by atoms with van der Waals surface area (Å²) in [6, 6.07) is 9.42. The molecule has 0 unspecified atom stereocenters. The van der Waals surface area contributed by atoms with Crippen molar-refractivity contribution in [2.75, 3.05) is 50.1 Å². The van der Waals surface area contributed by atoms with Gasteiger partial charge in [-0.15, -0.1) is 10.2 Å². The topological polar surface area (TPSA) is 78.4 Å². The van der Waals surface area contributed by atoms with Gasteiger partial charge in [0.15, 0.2) is 11.6 Å². The van der Waals surface area contributed by atoms with Gasteiger partial charge in [-0.25, -0.2) is 0 Å². The van der Waals surface area contributed by atoms with Gasteiger partial charge in [-0.3, -0.25) is 4.79 Å². The van der Waals surface area contributed by atoms with Gasteiger partial charge in [-0.1, -0.05) is 0 Å². The third-order valence-corrected chi connectivity index (χ3v) is 5.04. The largest absolute Gasteiger partial charge is 0.361 e. The van der Waals surface area contributed by atoms with Crippen molar-refractivity contribution >= 4 is 40.3 Å². The van der Waals surface area contributed by atoms with Crippen LogP contribution in [-0.4, -0.2) is 70.0 Å². The Morgan fingerprint density at radius 2 is 1.77 bits per heavy atom. The lowest BCUT2D eigenvalue weighted by molar-refractivity contribution is 0.0746. The third-order valence-electron chi connectivity index (χ3n) is 4.49. The normalized spacial score (nSPS) is 14.7. The summed E-state index contributed by atoms with van der Waals surface area (Å²) < 4.78 is 8.39. The van der Waals surface area contributed by atoms with Crippen molar-refractivity contribution in [3.8, 4) is 0 Å². The second kappa shape index (κ2) is 6.83. The molecule has 8 nitrogen and oxygen atoms in total. The number of hydrogen-bond acceptors (Lipinski definition) is 8. The quantitative estimate of drug-likeness (QED) is 0.692. The van der Waals surface area contributed by atoms with Crippen LogP contribution in [0.25, 0.3) is 11.0 Å². The van der Waals surface area contributed by atoms with E-state index >= 15 is 0 Å². The number of anilines is 2. The molecule has 3 aromatic rings. The molecule has 9 heteroatoms. The minimum absolute atomic E-state index is 0.0357. The lowest BCUT2D eigenvalue weighted by atomic mass is 10.1. The molecule has 1 aliphatic rings. The van der Waals surface area contributed by atoms with Crippen molar-refractivity contribution in [2.24, 2.45) is 0 Å². The summed E-state index contributed by atoms with van der Waals surface area (Å²) >= 11 is 1.16. The van der Waals surface area contributed by atoms with Gasteiger partial charge < -0.3 is 14.7 Å². The summed E-state index contributed by atoms with van der Waals surface area (Å²) in [6.07, 6.45) is 0. The monoisotopic (exact) mass is 369 g/mol. The Balaban J connectivity index is 1.41. The van der Waals surface area contributed by atoms with Crippen LogP contribution in [0.15, 0.2) is 30.3 Å². The van der Waals surface area contributed by atoms with Gasteiger partial charge in [-0.2, -0.15) is 8.75 Å². The molecule has 4 rings (SSSR count). The molecule has 3 heterocycles. The number of hydrogen-bond donors (Lipinski definition) is 0. The molecule has 1 amide bonds. The van der Waals surface area contributed by atoms with Crippen LogP contribution in [0.5, 0.6) is 0 Å². The van der Waals surface area contributed by atoms with Gasteiger partial charge in [0.1, 0.15) is 11.0 Å². The number of fused-ring (bicyclic) bond motifs is 1. The van der Waals surface area contributed by atoms with E-state index in [0.29, 0.717) is 18.7 Å². The van der Waals surface area contributed by atoms with Crippen molar-refractivity contribution < 1.29 is 4.79 Å². The number of aromatic nitrogens is 4. The zero-order chi connectivity index (χ0) is 18.1. The fourth-order valence-corrected chi connectivity index (χ4v) is 3.48. The first-order valence-corrected chi connectivity index (χ1v) is 9.12. The molecule has 26 heavy (non-hydrogen) atoms. The number of piperazine rings is 1. The van der Waals surface area contributed by atoms with Gasteiger partial charge in [0, 0.05) is 45.8 Å².